The predicted octanol–water partition coefficient (Wildman–Crippen LogP) is 2.14. The van der Waals surface area contributed by atoms with Crippen LogP contribution in [0.1, 0.15) is 57.8 Å². The fourth-order valence-corrected chi connectivity index (χ4v) is 1.89. The first kappa shape index (κ1) is 12.5. The van der Waals surface area contributed by atoms with E-state index in [0.717, 1.165) is 19.3 Å². The molecule has 1 aliphatic carbocycles. The van der Waals surface area contributed by atoms with Crippen LogP contribution < -0.4 is 5.73 Å². The van der Waals surface area contributed by atoms with Gasteiger partial charge in [-0.3, -0.25) is 0 Å². The van der Waals surface area contributed by atoms with E-state index in [0.29, 0.717) is 24.2 Å². The summed E-state index contributed by atoms with van der Waals surface area (Å²) in [5, 5.41) is 4.02. The molecule has 1 heterocycles. The molecule has 0 radical (unpaired) electrons. The first-order valence-electron chi connectivity index (χ1n) is 6.34. The second kappa shape index (κ2) is 4.74. The van der Waals surface area contributed by atoms with Crippen molar-refractivity contribution in [3.8, 4) is 0 Å². The SMILES string of the molecule is CCOC(C)(CC)c1noc(C(N)C2CC2)n1. The van der Waals surface area contributed by atoms with E-state index < -0.39 is 5.60 Å². The number of rotatable bonds is 6. The van der Waals surface area contributed by atoms with Gasteiger partial charge in [0.1, 0.15) is 5.60 Å². The molecule has 2 unspecified atom stereocenters. The Hall–Kier alpha value is -0.940. The summed E-state index contributed by atoms with van der Waals surface area (Å²) in [7, 11) is 0. The van der Waals surface area contributed by atoms with Crippen molar-refractivity contribution in [1.82, 2.24) is 10.1 Å². The Morgan fingerprint density at radius 3 is 2.76 bits per heavy atom. The Bertz CT molecular complexity index is 376. The maximum atomic E-state index is 6.04. The van der Waals surface area contributed by atoms with E-state index in [1.165, 1.54) is 0 Å². The third-order valence-corrected chi connectivity index (χ3v) is 3.47. The molecule has 5 nitrogen and oxygen atoms in total. The highest BCUT2D eigenvalue weighted by molar-refractivity contribution is 5.03. The minimum absolute atomic E-state index is 0.112. The van der Waals surface area contributed by atoms with E-state index in [9.17, 15) is 0 Å². The van der Waals surface area contributed by atoms with Crippen LogP contribution in [0.25, 0.3) is 0 Å². The normalized spacial score (nSPS) is 21.2. The van der Waals surface area contributed by atoms with E-state index in [-0.39, 0.29) is 6.04 Å². The van der Waals surface area contributed by atoms with Crippen molar-refractivity contribution in [2.45, 2.75) is 51.7 Å². The van der Waals surface area contributed by atoms with Crippen LogP contribution in [0.5, 0.6) is 0 Å². The molecule has 1 aliphatic rings. The number of aromatic nitrogens is 2. The minimum atomic E-state index is -0.472. The second-order valence-electron chi connectivity index (χ2n) is 4.84. The molecule has 2 N–H and O–H groups in total. The highest BCUT2D eigenvalue weighted by Gasteiger charge is 2.36. The van der Waals surface area contributed by atoms with Gasteiger partial charge in [-0.05, 0) is 39.0 Å². The topological polar surface area (TPSA) is 74.2 Å². The van der Waals surface area contributed by atoms with Gasteiger partial charge < -0.3 is 15.0 Å². The first-order chi connectivity index (χ1) is 8.10. The molecule has 0 aliphatic heterocycles. The van der Waals surface area contributed by atoms with Gasteiger partial charge in [-0.25, -0.2) is 0 Å². The van der Waals surface area contributed by atoms with Gasteiger partial charge in [-0.2, -0.15) is 4.98 Å². The number of hydrogen-bond donors (Lipinski definition) is 1. The highest BCUT2D eigenvalue weighted by atomic mass is 16.5. The van der Waals surface area contributed by atoms with Gasteiger partial charge in [-0.15, -0.1) is 0 Å². The average Bonchev–Trinajstić information content (AvgIpc) is 3.05. The fraction of sp³-hybridized carbons (Fsp3) is 0.833. The van der Waals surface area contributed by atoms with E-state index in [4.69, 9.17) is 15.0 Å². The van der Waals surface area contributed by atoms with E-state index in [1.54, 1.807) is 0 Å². The van der Waals surface area contributed by atoms with Crippen LogP contribution in [0.3, 0.4) is 0 Å². The van der Waals surface area contributed by atoms with Crippen molar-refractivity contribution in [3.63, 3.8) is 0 Å². The monoisotopic (exact) mass is 239 g/mol. The molecule has 2 atom stereocenters. The van der Waals surface area contributed by atoms with Crippen molar-refractivity contribution >= 4 is 0 Å². The van der Waals surface area contributed by atoms with Crippen molar-refractivity contribution < 1.29 is 9.26 Å². The van der Waals surface area contributed by atoms with Crippen molar-refractivity contribution in [2.24, 2.45) is 11.7 Å². The molecular weight excluding hydrogens is 218 g/mol. The number of hydrogen-bond acceptors (Lipinski definition) is 5. The molecular formula is C12H21N3O2. The summed E-state index contributed by atoms with van der Waals surface area (Å²) in [5.41, 5.74) is 5.56. The fourth-order valence-electron chi connectivity index (χ4n) is 1.89. The molecule has 1 saturated carbocycles. The molecule has 0 saturated heterocycles. The quantitative estimate of drug-likeness (QED) is 0.823. The van der Waals surface area contributed by atoms with Crippen LogP contribution in [0.15, 0.2) is 4.52 Å². The molecule has 0 amide bonds. The van der Waals surface area contributed by atoms with Gasteiger partial charge in [0.15, 0.2) is 0 Å². The largest absolute Gasteiger partial charge is 0.367 e. The zero-order valence-corrected chi connectivity index (χ0v) is 10.8. The minimum Gasteiger partial charge on any atom is -0.367 e. The molecule has 1 aromatic heterocycles. The average molecular weight is 239 g/mol. The molecule has 1 fully saturated rings. The number of ether oxygens (including phenoxy) is 1. The molecule has 0 aromatic carbocycles. The van der Waals surface area contributed by atoms with Crippen molar-refractivity contribution in [3.05, 3.63) is 11.7 Å². The molecule has 17 heavy (non-hydrogen) atoms. The number of nitrogens with zero attached hydrogens (tertiary/aromatic N) is 2. The molecule has 96 valence electrons. The van der Waals surface area contributed by atoms with Crippen LogP contribution in [-0.2, 0) is 10.3 Å². The molecule has 0 bridgehead atoms. The summed E-state index contributed by atoms with van der Waals surface area (Å²) in [6, 6.07) is -0.112. The summed E-state index contributed by atoms with van der Waals surface area (Å²) in [5.74, 6) is 1.66. The summed E-state index contributed by atoms with van der Waals surface area (Å²) >= 11 is 0. The Kier molecular flexibility index (Phi) is 3.49. The van der Waals surface area contributed by atoms with Gasteiger partial charge >= 0.3 is 0 Å². The third-order valence-electron chi connectivity index (χ3n) is 3.47. The zero-order chi connectivity index (χ0) is 12.5. The summed E-state index contributed by atoms with van der Waals surface area (Å²) < 4.78 is 11.0. The van der Waals surface area contributed by atoms with Gasteiger partial charge in [0, 0.05) is 6.61 Å². The zero-order valence-electron chi connectivity index (χ0n) is 10.8. The lowest BCUT2D eigenvalue weighted by Crippen LogP contribution is -2.27. The Morgan fingerprint density at radius 1 is 1.53 bits per heavy atom. The Labute approximate surface area is 102 Å². The highest BCUT2D eigenvalue weighted by Crippen LogP contribution is 2.39. The first-order valence-corrected chi connectivity index (χ1v) is 6.34. The lowest BCUT2D eigenvalue weighted by atomic mass is 10.0. The second-order valence-corrected chi connectivity index (χ2v) is 4.84. The van der Waals surface area contributed by atoms with Gasteiger partial charge in [0.2, 0.25) is 11.7 Å². The summed E-state index contributed by atoms with van der Waals surface area (Å²) in [6.07, 6.45) is 3.13. The molecule has 5 heteroatoms. The molecule has 1 aromatic rings. The summed E-state index contributed by atoms with van der Waals surface area (Å²) in [4.78, 5) is 4.41. The predicted molar refractivity (Wildman–Crippen MR) is 63.2 cm³/mol. The third kappa shape index (κ3) is 2.50. The van der Waals surface area contributed by atoms with Crippen molar-refractivity contribution in [2.75, 3.05) is 6.61 Å². The van der Waals surface area contributed by atoms with Crippen LogP contribution >= 0.6 is 0 Å². The van der Waals surface area contributed by atoms with Gasteiger partial charge in [0.25, 0.3) is 0 Å². The molecule has 2 rings (SSSR count). The standard InChI is InChI=1S/C12H21N3O2/c1-4-12(3,16-5-2)11-14-10(17-15-11)9(13)8-6-7-8/h8-9H,4-7,13H2,1-3H3. The molecule has 0 spiro atoms. The van der Waals surface area contributed by atoms with E-state index >= 15 is 0 Å². The Balaban J connectivity index is 2.15. The maximum absolute atomic E-state index is 6.04. The lowest BCUT2D eigenvalue weighted by molar-refractivity contribution is -0.0403. The van der Waals surface area contributed by atoms with Crippen LogP contribution in [0, 0.1) is 5.92 Å². The summed E-state index contributed by atoms with van der Waals surface area (Å²) in [6.45, 7) is 6.62. The number of nitrogens with two attached hydrogens (primary N) is 1. The van der Waals surface area contributed by atoms with Crippen LogP contribution in [0.2, 0.25) is 0 Å². The smallest absolute Gasteiger partial charge is 0.243 e. The van der Waals surface area contributed by atoms with E-state index in [2.05, 4.69) is 10.1 Å². The Morgan fingerprint density at radius 2 is 2.24 bits per heavy atom. The van der Waals surface area contributed by atoms with Crippen molar-refractivity contribution in [1.29, 1.82) is 0 Å². The van der Waals surface area contributed by atoms with Crippen LogP contribution in [-0.4, -0.2) is 16.7 Å². The maximum Gasteiger partial charge on any atom is 0.243 e. The van der Waals surface area contributed by atoms with Gasteiger partial charge in [0.05, 0.1) is 6.04 Å². The lowest BCUT2D eigenvalue weighted by Gasteiger charge is -2.23. The van der Waals surface area contributed by atoms with E-state index in [1.807, 2.05) is 20.8 Å². The van der Waals surface area contributed by atoms with Gasteiger partial charge in [-0.1, -0.05) is 12.1 Å². The van der Waals surface area contributed by atoms with Crippen LogP contribution in [0.4, 0.5) is 0 Å².